The number of aryl methyl sites for hydroxylation is 7. The Bertz CT molecular complexity index is 2960. The van der Waals surface area contributed by atoms with Gasteiger partial charge in [-0.1, -0.05) is 85.6 Å². The second kappa shape index (κ2) is 10.1. The van der Waals surface area contributed by atoms with Crippen LogP contribution < -0.4 is 0 Å². The van der Waals surface area contributed by atoms with E-state index in [2.05, 4.69) is 158 Å². The number of hydrogen-bond donors (Lipinski definition) is 0. The zero-order valence-electron chi connectivity index (χ0n) is 31.1. The van der Waals surface area contributed by atoms with Crippen molar-refractivity contribution in [1.29, 1.82) is 0 Å². The van der Waals surface area contributed by atoms with Gasteiger partial charge < -0.3 is 4.57 Å². The molecule has 51 heavy (non-hydrogen) atoms. The Hall–Kier alpha value is -5.47. The molecule has 2 aromatic heterocycles. The van der Waals surface area contributed by atoms with E-state index in [0.29, 0.717) is 0 Å². The molecule has 0 N–H and O–H groups in total. The van der Waals surface area contributed by atoms with Crippen LogP contribution in [0.15, 0.2) is 91.0 Å². The van der Waals surface area contributed by atoms with Gasteiger partial charge in [0.05, 0.1) is 22.4 Å². The lowest BCUT2D eigenvalue weighted by atomic mass is 9.68. The third kappa shape index (κ3) is 3.91. The van der Waals surface area contributed by atoms with Gasteiger partial charge in [-0.3, -0.25) is 4.98 Å². The summed E-state index contributed by atoms with van der Waals surface area (Å²) in [6.07, 6.45) is 0. The molecule has 248 valence electrons. The summed E-state index contributed by atoms with van der Waals surface area (Å²) >= 11 is 0. The minimum atomic E-state index is -0.237. The van der Waals surface area contributed by atoms with Crippen LogP contribution in [-0.2, 0) is 5.41 Å². The monoisotopic (exact) mass is 658 g/mol. The van der Waals surface area contributed by atoms with Crippen molar-refractivity contribution in [3.8, 4) is 28.1 Å². The molecule has 0 amide bonds. The van der Waals surface area contributed by atoms with Crippen LogP contribution in [0.5, 0.6) is 0 Å². The summed E-state index contributed by atoms with van der Waals surface area (Å²) in [5.74, 6) is 0. The first-order valence-corrected chi connectivity index (χ1v) is 18.3. The van der Waals surface area contributed by atoms with Crippen LogP contribution in [0.2, 0.25) is 0 Å². The van der Waals surface area contributed by atoms with Gasteiger partial charge in [-0.05, 0) is 145 Å². The van der Waals surface area contributed by atoms with Crippen molar-refractivity contribution in [2.45, 2.75) is 67.7 Å². The maximum Gasteiger partial charge on any atom is 0.0752 e. The highest BCUT2D eigenvalue weighted by Crippen LogP contribution is 2.55. The molecule has 0 saturated carbocycles. The summed E-state index contributed by atoms with van der Waals surface area (Å²) < 4.78 is 2.59. The standard InChI is InChI=1S/C49H42N2/c1-25-18-27(3)42(28(4)19-25)35-22-32-15-16-34-45-40(49(8,9)39-17-14-31(7)50-46(34)39)24-38-44(43(32)45)36(35)23-37-33-12-10-11-13-41(33)51(48(37)38)47-29(5)20-26(2)21-30(47)6/h10-24H,1-9H3. The quantitative estimate of drug-likeness (QED) is 0.169. The average Bonchev–Trinajstić information content (AvgIpc) is 3.39. The van der Waals surface area contributed by atoms with Gasteiger partial charge in [0.2, 0.25) is 0 Å². The van der Waals surface area contributed by atoms with Crippen LogP contribution in [0.1, 0.15) is 64.0 Å². The molecule has 0 fully saturated rings. The molecule has 9 aromatic rings. The van der Waals surface area contributed by atoms with Gasteiger partial charge in [0.1, 0.15) is 0 Å². The Morgan fingerprint density at radius 1 is 0.529 bits per heavy atom. The number of rotatable bonds is 2. The molecule has 10 rings (SSSR count). The number of fused-ring (bicyclic) bond motifs is 6. The molecular weight excluding hydrogens is 617 g/mol. The van der Waals surface area contributed by atoms with Crippen molar-refractivity contribution in [2.24, 2.45) is 0 Å². The average molecular weight is 659 g/mol. The van der Waals surface area contributed by atoms with Crippen molar-refractivity contribution in [3.63, 3.8) is 0 Å². The van der Waals surface area contributed by atoms with E-state index in [1.54, 1.807) is 0 Å². The van der Waals surface area contributed by atoms with E-state index in [-0.39, 0.29) is 5.41 Å². The summed E-state index contributed by atoms with van der Waals surface area (Å²) in [7, 11) is 0. The molecule has 2 nitrogen and oxygen atoms in total. The number of pyridine rings is 1. The first-order valence-electron chi connectivity index (χ1n) is 18.3. The number of benzene rings is 7. The van der Waals surface area contributed by atoms with Crippen molar-refractivity contribution in [1.82, 2.24) is 9.55 Å². The lowest BCUT2D eigenvalue weighted by Gasteiger charge is -2.36. The van der Waals surface area contributed by atoms with E-state index >= 15 is 0 Å². The van der Waals surface area contributed by atoms with E-state index in [4.69, 9.17) is 4.98 Å². The van der Waals surface area contributed by atoms with Crippen LogP contribution in [0.3, 0.4) is 0 Å². The molecule has 0 aliphatic heterocycles. The fraction of sp³-hybridized carbons (Fsp3) is 0.204. The Balaban J connectivity index is 1.52. The van der Waals surface area contributed by atoms with Crippen LogP contribution in [0.4, 0.5) is 0 Å². The Labute approximate surface area is 299 Å². The molecule has 1 aliphatic carbocycles. The largest absolute Gasteiger partial charge is 0.308 e. The lowest BCUT2D eigenvalue weighted by Crippen LogP contribution is -2.24. The van der Waals surface area contributed by atoms with Crippen LogP contribution in [0.25, 0.3) is 82.2 Å². The van der Waals surface area contributed by atoms with Crippen LogP contribution in [0, 0.1) is 48.5 Å². The number of aromatic nitrogens is 2. The highest BCUT2D eigenvalue weighted by atomic mass is 15.0. The summed E-state index contributed by atoms with van der Waals surface area (Å²) in [5, 5.41) is 10.6. The molecule has 2 heterocycles. The van der Waals surface area contributed by atoms with Crippen molar-refractivity contribution >= 4 is 54.1 Å². The number of nitrogens with zero attached hydrogens (tertiary/aromatic N) is 2. The van der Waals surface area contributed by atoms with Crippen LogP contribution >= 0.6 is 0 Å². The van der Waals surface area contributed by atoms with Gasteiger partial charge >= 0.3 is 0 Å². The van der Waals surface area contributed by atoms with E-state index < -0.39 is 0 Å². The topological polar surface area (TPSA) is 17.8 Å². The molecule has 0 radical (unpaired) electrons. The maximum absolute atomic E-state index is 5.22. The molecule has 0 unspecified atom stereocenters. The third-order valence-electron chi connectivity index (χ3n) is 12.1. The predicted octanol–water partition coefficient (Wildman–Crippen LogP) is 13.2. The fourth-order valence-corrected chi connectivity index (χ4v) is 10.2. The SMILES string of the molecule is Cc1cc(C)c(-c2cc3ccc4c5c(cc6c(c2cc2c7ccccc7n(-c7c(C)cc(C)cc7C)c26)c35)C(C)(C)c2ccc(C)nc2-4)c(C)c1. The molecule has 0 spiro atoms. The summed E-state index contributed by atoms with van der Waals surface area (Å²) in [6, 6.07) is 35.2. The Morgan fingerprint density at radius 3 is 1.94 bits per heavy atom. The summed E-state index contributed by atoms with van der Waals surface area (Å²) in [4.78, 5) is 5.22. The van der Waals surface area contributed by atoms with Gasteiger partial charge in [0.15, 0.2) is 0 Å². The molecule has 7 aromatic carbocycles. The highest BCUT2D eigenvalue weighted by molar-refractivity contribution is 6.36. The molecule has 0 bridgehead atoms. The number of hydrogen-bond acceptors (Lipinski definition) is 1. The zero-order chi connectivity index (χ0) is 35.2. The summed E-state index contributed by atoms with van der Waals surface area (Å²) in [6.45, 7) is 20.4. The van der Waals surface area contributed by atoms with Crippen molar-refractivity contribution in [2.75, 3.05) is 0 Å². The molecule has 1 aliphatic rings. The van der Waals surface area contributed by atoms with Gasteiger partial charge in [-0.25, -0.2) is 0 Å². The smallest absolute Gasteiger partial charge is 0.0752 e. The van der Waals surface area contributed by atoms with Gasteiger partial charge in [0.25, 0.3) is 0 Å². The Morgan fingerprint density at radius 2 is 1.22 bits per heavy atom. The van der Waals surface area contributed by atoms with Gasteiger partial charge in [-0.15, -0.1) is 0 Å². The molecule has 0 saturated heterocycles. The molecule has 0 atom stereocenters. The molecule has 2 heteroatoms. The second-order valence-corrected chi connectivity index (χ2v) is 16.0. The maximum atomic E-state index is 5.22. The Kier molecular flexibility index (Phi) is 6.00. The lowest BCUT2D eigenvalue weighted by molar-refractivity contribution is 0.642. The zero-order valence-corrected chi connectivity index (χ0v) is 31.1. The second-order valence-electron chi connectivity index (χ2n) is 16.0. The number of para-hydroxylation sites is 1. The third-order valence-corrected chi connectivity index (χ3v) is 12.1. The highest BCUT2D eigenvalue weighted by Gasteiger charge is 2.37. The van der Waals surface area contributed by atoms with E-state index in [9.17, 15) is 0 Å². The van der Waals surface area contributed by atoms with E-state index in [1.165, 1.54) is 121 Å². The van der Waals surface area contributed by atoms with Crippen molar-refractivity contribution < 1.29 is 0 Å². The van der Waals surface area contributed by atoms with E-state index in [1.807, 2.05) is 0 Å². The minimum absolute atomic E-state index is 0.237. The normalized spacial score (nSPS) is 13.7. The fourth-order valence-electron chi connectivity index (χ4n) is 10.2. The van der Waals surface area contributed by atoms with Gasteiger partial charge in [-0.2, -0.15) is 0 Å². The first-order chi connectivity index (χ1) is 24.4. The van der Waals surface area contributed by atoms with E-state index in [0.717, 1.165) is 11.4 Å². The predicted molar refractivity (Wildman–Crippen MR) is 218 cm³/mol. The minimum Gasteiger partial charge on any atom is -0.308 e. The van der Waals surface area contributed by atoms with Crippen LogP contribution in [-0.4, -0.2) is 9.55 Å². The van der Waals surface area contributed by atoms with Gasteiger partial charge in [0, 0.05) is 38.2 Å². The first kappa shape index (κ1) is 30.4. The molecular formula is C49H42N2. The summed E-state index contributed by atoms with van der Waals surface area (Å²) in [5.41, 5.74) is 20.2. The van der Waals surface area contributed by atoms with Crippen molar-refractivity contribution in [3.05, 3.63) is 141 Å².